The summed E-state index contributed by atoms with van der Waals surface area (Å²) >= 11 is 0. The number of imide groups is 1. The van der Waals surface area contributed by atoms with Gasteiger partial charge in [-0.2, -0.15) is 0 Å². The van der Waals surface area contributed by atoms with Crippen LogP contribution in [0.25, 0.3) is 0 Å². The number of aliphatic carboxylic acids is 1. The first-order valence-corrected chi connectivity index (χ1v) is 7.79. The highest BCUT2D eigenvalue weighted by atomic mass is 16.4. The normalized spacial score (nSPS) is 20.0. The molecule has 3 amide bonds. The summed E-state index contributed by atoms with van der Waals surface area (Å²) < 4.78 is 0. The summed E-state index contributed by atoms with van der Waals surface area (Å²) in [6.07, 6.45) is 6.96. The van der Waals surface area contributed by atoms with Crippen LogP contribution >= 0.6 is 0 Å². The van der Waals surface area contributed by atoms with Crippen LogP contribution in [-0.2, 0) is 9.59 Å². The van der Waals surface area contributed by atoms with E-state index in [2.05, 4.69) is 10.6 Å². The fourth-order valence-corrected chi connectivity index (χ4v) is 3.21. The van der Waals surface area contributed by atoms with E-state index in [4.69, 9.17) is 5.11 Å². The maximum absolute atomic E-state index is 11.9. The second kappa shape index (κ2) is 6.91. The van der Waals surface area contributed by atoms with Crippen molar-refractivity contribution >= 4 is 17.9 Å². The number of urea groups is 1. The molecule has 2 aliphatic rings. The van der Waals surface area contributed by atoms with E-state index in [0.29, 0.717) is 6.54 Å². The van der Waals surface area contributed by atoms with Gasteiger partial charge in [0, 0.05) is 13.0 Å². The molecule has 0 unspecified atom stereocenters. The average Bonchev–Trinajstić information content (AvgIpc) is 3.09. The van der Waals surface area contributed by atoms with Crippen LogP contribution in [0.15, 0.2) is 0 Å². The van der Waals surface area contributed by atoms with Crippen LogP contribution in [0, 0.1) is 11.3 Å². The second-order valence-corrected chi connectivity index (χ2v) is 6.49. The second-order valence-electron chi connectivity index (χ2n) is 6.49. The van der Waals surface area contributed by atoms with Crippen molar-refractivity contribution in [3.8, 4) is 0 Å². The van der Waals surface area contributed by atoms with Crippen LogP contribution in [-0.4, -0.2) is 29.6 Å². The molecule has 0 aromatic carbocycles. The number of carbonyl (C=O) groups excluding carboxylic acids is 2. The van der Waals surface area contributed by atoms with E-state index in [-0.39, 0.29) is 18.7 Å². The zero-order chi connectivity index (χ0) is 15.3. The first kappa shape index (κ1) is 15.8. The number of hydrogen-bond acceptors (Lipinski definition) is 3. The molecule has 118 valence electrons. The number of rotatable bonds is 7. The molecule has 21 heavy (non-hydrogen) atoms. The molecule has 0 bridgehead atoms. The van der Waals surface area contributed by atoms with Crippen molar-refractivity contribution in [2.24, 2.45) is 11.3 Å². The Balaban J connectivity index is 1.73. The van der Waals surface area contributed by atoms with Crippen LogP contribution in [0.2, 0.25) is 0 Å². The van der Waals surface area contributed by atoms with Gasteiger partial charge in [0.1, 0.15) is 0 Å². The molecule has 0 aromatic heterocycles. The summed E-state index contributed by atoms with van der Waals surface area (Å²) in [7, 11) is 0. The Morgan fingerprint density at radius 2 is 1.76 bits per heavy atom. The van der Waals surface area contributed by atoms with Gasteiger partial charge in [0.05, 0.1) is 6.42 Å². The standard InChI is InChI=1S/C15H24N2O4/c18-12(17-14(21)16-8-5-11-3-4-11)9-15(10-13(19)20)6-1-2-7-15/h11H,1-10H2,(H,19,20)(H2,16,17,18,21). The van der Waals surface area contributed by atoms with Gasteiger partial charge < -0.3 is 10.4 Å². The van der Waals surface area contributed by atoms with Crippen molar-refractivity contribution in [2.45, 2.75) is 57.8 Å². The number of carbonyl (C=O) groups is 3. The molecule has 2 aliphatic carbocycles. The quantitative estimate of drug-likeness (QED) is 0.670. The monoisotopic (exact) mass is 296 g/mol. The van der Waals surface area contributed by atoms with E-state index in [1.54, 1.807) is 0 Å². The third kappa shape index (κ3) is 5.36. The molecule has 0 saturated heterocycles. The molecule has 2 rings (SSSR count). The fraction of sp³-hybridized carbons (Fsp3) is 0.800. The molecule has 2 fully saturated rings. The summed E-state index contributed by atoms with van der Waals surface area (Å²) in [5.41, 5.74) is -0.468. The maximum atomic E-state index is 11.9. The first-order chi connectivity index (χ1) is 9.99. The molecule has 0 radical (unpaired) electrons. The minimum atomic E-state index is -0.876. The van der Waals surface area contributed by atoms with Gasteiger partial charge in [0.2, 0.25) is 5.91 Å². The van der Waals surface area contributed by atoms with Gasteiger partial charge in [-0.05, 0) is 30.6 Å². The molecule has 3 N–H and O–H groups in total. The van der Waals surface area contributed by atoms with Crippen LogP contribution in [0.4, 0.5) is 4.79 Å². The summed E-state index contributed by atoms with van der Waals surface area (Å²) in [6.45, 7) is 0.587. The Bertz CT molecular complexity index is 412. The number of carboxylic acid groups (broad SMARTS) is 1. The van der Waals surface area contributed by atoms with Gasteiger partial charge >= 0.3 is 12.0 Å². The summed E-state index contributed by atoms with van der Waals surface area (Å²) in [6, 6.07) is -0.468. The van der Waals surface area contributed by atoms with Crippen LogP contribution in [0.3, 0.4) is 0 Å². The Morgan fingerprint density at radius 1 is 1.10 bits per heavy atom. The lowest BCUT2D eigenvalue weighted by Gasteiger charge is -2.26. The van der Waals surface area contributed by atoms with E-state index < -0.39 is 17.4 Å². The van der Waals surface area contributed by atoms with E-state index in [9.17, 15) is 14.4 Å². The highest BCUT2D eigenvalue weighted by molar-refractivity contribution is 5.94. The zero-order valence-electron chi connectivity index (χ0n) is 12.3. The van der Waals surface area contributed by atoms with Crippen molar-refractivity contribution < 1.29 is 19.5 Å². The van der Waals surface area contributed by atoms with Crippen molar-refractivity contribution in [3.05, 3.63) is 0 Å². The topological polar surface area (TPSA) is 95.5 Å². The van der Waals surface area contributed by atoms with E-state index in [1.165, 1.54) is 12.8 Å². The highest BCUT2D eigenvalue weighted by Crippen LogP contribution is 2.43. The van der Waals surface area contributed by atoms with Gasteiger partial charge in [-0.15, -0.1) is 0 Å². The molecular weight excluding hydrogens is 272 g/mol. The Labute approximate surface area is 124 Å². The lowest BCUT2D eigenvalue weighted by molar-refractivity contribution is -0.140. The number of nitrogens with one attached hydrogen (secondary N) is 2. The smallest absolute Gasteiger partial charge is 0.321 e. The largest absolute Gasteiger partial charge is 0.481 e. The van der Waals surface area contributed by atoms with Crippen molar-refractivity contribution in [2.75, 3.05) is 6.54 Å². The third-order valence-electron chi connectivity index (χ3n) is 4.51. The maximum Gasteiger partial charge on any atom is 0.321 e. The molecule has 6 heteroatoms. The lowest BCUT2D eigenvalue weighted by atomic mass is 9.79. The Kier molecular flexibility index (Phi) is 5.20. The molecule has 6 nitrogen and oxygen atoms in total. The van der Waals surface area contributed by atoms with Gasteiger partial charge in [0.15, 0.2) is 0 Å². The highest BCUT2D eigenvalue weighted by Gasteiger charge is 2.38. The molecule has 0 atom stereocenters. The molecule has 0 heterocycles. The summed E-state index contributed by atoms with van der Waals surface area (Å²) in [5, 5.41) is 14.0. The van der Waals surface area contributed by atoms with E-state index in [1.807, 2.05) is 0 Å². The number of carboxylic acids is 1. The molecule has 0 aromatic rings. The minimum absolute atomic E-state index is 0.00369. The minimum Gasteiger partial charge on any atom is -0.481 e. The molecular formula is C15H24N2O4. The van der Waals surface area contributed by atoms with Gasteiger partial charge in [-0.1, -0.05) is 25.7 Å². The van der Waals surface area contributed by atoms with Gasteiger partial charge in [0.25, 0.3) is 0 Å². The number of amides is 3. The van der Waals surface area contributed by atoms with Gasteiger partial charge in [-0.3, -0.25) is 14.9 Å². The summed E-state index contributed by atoms with van der Waals surface area (Å²) in [5.74, 6) is -0.515. The molecule has 0 spiro atoms. The predicted molar refractivity (Wildman–Crippen MR) is 76.7 cm³/mol. The number of hydrogen-bond donors (Lipinski definition) is 3. The molecule has 2 saturated carbocycles. The van der Waals surface area contributed by atoms with Gasteiger partial charge in [-0.25, -0.2) is 4.79 Å². The summed E-state index contributed by atoms with van der Waals surface area (Å²) in [4.78, 5) is 34.5. The molecule has 0 aliphatic heterocycles. The third-order valence-corrected chi connectivity index (χ3v) is 4.51. The first-order valence-electron chi connectivity index (χ1n) is 7.79. The van der Waals surface area contributed by atoms with Crippen molar-refractivity contribution in [1.82, 2.24) is 10.6 Å². The average molecular weight is 296 g/mol. The lowest BCUT2D eigenvalue weighted by Crippen LogP contribution is -2.42. The van der Waals surface area contributed by atoms with Crippen molar-refractivity contribution in [3.63, 3.8) is 0 Å². The predicted octanol–water partition coefficient (Wildman–Crippen LogP) is 2.04. The Morgan fingerprint density at radius 3 is 2.33 bits per heavy atom. The van der Waals surface area contributed by atoms with Crippen LogP contribution in [0.5, 0.6) is 0 Å². The SMILES string of the molecule is O=C(O)CC1(CC(=O)NC(=O)NCCC2CC2)CCCC1. The zero-order valence-corrected chi connectivity index (χ0v) is 12.3. The fourth-order valence-electron chi connectivity index (χ4n) is 3.21. The van der Waals surface area contributed by atoms with E-state index >= 15 is 0 Å². The van der Waals surface area contributed by atoms with Crippen molar-refractivity contribution in [1.29, 1.82) is 0 Å². The van der Waals surface area contributed by atoms with Crippen LogP contribution in [0.1, 0.15) is 57.8 Å². The Hall–Kier alpha value is -1.59. The van der Waals surface area contributed by atoms with Crippen LogP contribution < -0.4 is 10.6 Å². The van der Waals surface area contributed by atoms with E-state index in [0.717, 1.165) is 38.0 Å².